The number of unbranched alkanes of at least 4 members (excludes halogenated alkanes) is 2. The fraction of sp³-hybridized carbons (Fsp3) is 0.333. The van der Waals surface area contributed by atoms with Gasteiger partial charge in [-0.1, -0.05) is 43.5 Å². The molecule has 0 fully saturated rings. The van der Waals surface area contributed by atoms with E-state index in [1.165, 1.54) is 24.8 Å². The summed E-state index contributed by atoms with van der Waals surface area (Å²) < 4.78 is 0. The summed E-state index contributed by atoms with van der Waals surface area (Å²) in [5, 5.41) is 13.7. The Hall–Kier alpha value is -1.67. The summed E-state index contributed by atoms with van der Waals surface area (Å²) in [6, 6.07) is 13.6. The summed E-state index contributed by atoms with van der Waals surface area (Å²) in [6.45, 7) is 2.78. The number of nitrogens with one attached hydrogen (secondary N) is 1. The highest BCUT2D eigenvalue weighted by atomic mass is 35.5. The van der Waals surface area contributed by atoms with Gasteiger partial charge in [0.25, 0.3) is 0 Å². The number of halogens is 1. The van der Waals surface area contributed by atoms with E-state index in [4.69, 9.17) is 11.6 Å². The average molecular weight is 304 g/mol. The van der Waals surface area contributed by atoms with Crippen LogP contribution >= 0.6 is 11.6 Å². The lowest BCUT2D eigenvalue weighted by molar-refractivity contribution is 0.469. The van der Waals surface area contributed by atoms with E-state index in [-0.39, 0.29) is 5.75 Å². The van der Waals surface area contributed by atoms with E-state index in [9.17, 15) is 5.11 Å². The second-order valence-corrected chi connectivity index (χ2v) is 5.72. The van der Waals surface area contributed by atoms with Crippen LogP contribution < -0.4 is 5.32 Å². The van der Waals surface area contributed by atoms with Crippen LogP contribution in [0.15, 0.2) is 42.5 Å². The quantitative estimate of drug-likeness (QED) is 0.672. The Morgan fingerprint density at radius 2 is 1.81 bits per heavy atom. The van der Waals surface area contributed by atoms with Gasteiger partial charge in [0, 0.05) is 22.8 Å². The first-order valence-corrected chi connectivity index (χ1v) is 7.87. The molecule has 0 unspecified atom stereocenters. The maximum atomic E-state index is 9.78. The molecule has 0 saturated carbocycles. The Morgan fingerprint density at radius 1 is 1.05 bits per heavy atom. The molecule has 0 aliphatic rings. The summed E-state index contributed by atoms with van der Waals surface area (Å²) in [6.07, 6.45) is 4.93. The van der Waals surface area contributed by atoms with Gasteiger partial charge in [0.1, 0.15) is 5.75 Å². The second-order valence-electron chi connectivity index (χ2n) is 5.28. The number of phenolic OH excluding ortho intramolecular Hbond substituents is 1. The van der Waals surface area contributed by atoms with Crippen molar-refractivity contribution in [3.8, 4) is 5.75 Å². The zero-order valence-corrected chi connectivity index (χ0v) is 13.2. The van der Waals surface area contributed by atoms with Crippen molar-refractivity contribution in [2.75, 3.05) is 5.32 Å². The maximum absolute atomic E-state index is 9.78. The monoisotopic (exact) mass is 303 g/mol. The van der Waals surface area contributed by atoms with Gasteiger partial charge in [0.2, 0.25) is 0 Å². The molecule has 2 nitrogen and oxygen atoms in total. The van der Waals surface area contributed by atoms with E-state index in [1.807, 2.05) is 0 Å². The largest absolute Gasteiger partial charge is 0.508 e. The zero-order valence-electron chi connectivity index (χ0n) is 12.4. The zero-order chi connectivity index (χ0) is 15.1. The fourth-order valence-corrected chi connectivity index (χ4v) is 2.46. The van der Waals surface area contributed by atoms with Gasteiger partial charge in [0.05, 0.1) is 0 Å². The number of aryl methyl sites for hydroxylation is 1. The first-order valence-electron chi connectivity index (χ1n) is 7.49. The van der Waals surface area contributed by atoms with Gasteiger partial charge in [-0.05, 0) is 48.7 Å². The Bertz CT molecular complexity index is 566. The first-order chi connectivity index (χ1) is 10.2. The van der Waals surface area contributed by atoms with E-state index in [1.54, 1.807) is 18.2 Å². The summed E-state index contributed by atoms with van der Waals surface area (Å²) >= 11 is 5.94. The molecule has 0 radical (unpaired) electrons. The smallest absolute Gasteiger partial charge is 0.120 e. The molecule has 0 aliphatic carbocycles. The molecule has 21 heavy (non-hydrogen) atoms. The number of hydrogen-bond donors (Lipinski definition) is 2. The predicted molar refractivity (Wildman–Crippen MR) is 90.1 cm³/mol. The Labute approximate surface area is 131 Å². The number of rotatable bonds is 7. The third-order valence-electron chi connectivity index (χ3n) is 3.55. The molecule has 0 amide bonds. The van der Waals surface area contributed by atoms with E-state index in [0.717, 1.165) is 17.7 Å². The van der Waals surface area contributed by atoms with Gasteiger partial charge in [0.15, 0.2) is 0 Å². The molecule has 2 aromatic rings. The van der Waals surface area contributed by atoms with Crippen LogP contribution in [-0.4, -0.2) is 5.11 Å². The van der Waals surface area contributed by atoms with Crippen LogP contribution in [0.2, 0.25) is 5.02 Å². The summed E-state index contributed by atoms with van der Waals surface area (Å²) in [5.41, 5.74) is 3.22. The topological polar surface area (TPSA) is 32.3 Å². The minimum Gasteiger partial charge on any atom is -0.508 e. The summed E-state index contributed by atoms with van der Waals surface area (Å²) in [4.78, 5) is 0. The summed E-state index contributed by atoms with van der Waals surface area (Å²) in [5.74, 6) is 0.267. The third-order valence-corrected chi connectivity index (χ3v) is 3.78. The molecule has 0 aliphatic heterocycles. The van der Waals surface area contributed by atoms with Crippen molar-refractivity contribution in [3.05, 3.63) is 58.6 Å². The van der Waals surface area contributed by atoms with Crippen molar-refractivity contribution < 1.29 is 5.11 Å². The van der Waals surface area contributed by atoms with E-state index < -0.39 is 0 Å². The van der Waals surface area contributed by atoms with E-state index in [2.05, 4.69) is 36.5 Å². The number of hydrogen-bond acceptors (Lipinski definition) is 2. The standard InChI is InChI=1S/C18H22ClNO/c1-2-3-4-5-14-6-9-17(10-7-14)20-13-15-12-16(19)8-11-18(15)21/h6-12,20-21H,2-5,13H2,1H3. The van der Waals surface area contributed by atoms with Crippen molar-refractivity contribution in [1.29, 1.82) is 0 Å². The Morgan fingerprint density at radius 3 is 2.52 bits per heavy atom. The van der Waals surface area contributed by atoms with Crippen LogP contribution in [0.25, 0.3) is 0 Å². The van der Waals surface area contributed by atoms with Crippen LogP contribution in [0.3, 0.4) is 0 Å². The van der Waals surface area contributed by atoms with Crippen LogP contribution in [0.1, 0.15) is 37.3 Å². The van der Waals surface area contributed by atoms with Crippen molar-refractivity contribution in [3.63, 3.8) is 0 Å². The maximum Gasteiger partial charge on any atom is 0.120 e. The van der Waals surface area contributed by atoms with Gasteiger partial charge in [-0.3, -0.25) is 0 Å². The van der Waals surface area contributed by atoms with Gasteiger partial charge in [-0.25, -0.2) is 0 Å². The van der Waals surface area contributed by atoms with Gasteiger partial charge >= 0.3 is 0 Å². The third kappa shape index (κ3) is 4.98. The number of anilines is 1. The number of aromatic hydroxyl groups is 1. The molecule has 0 aromatic heterocycles. The lowest BCUT2D eigenvalue weighted by atomic mass is 10.1. The fourth-order valence-electron chi connectivity index (χ4n) is 2.26. The molecule has 2 N–H and O–H groups in total. The predicted octanol–water partition coefficient (Wildman–Crippen LogP) is 5.39. The molecule has 0 heterocycles. The van der Waals surface area contributed by atoms with Gasteiger partial charge in [-0.15, -0.1) is 0 Å². The van der Waals surface area contributed by atoms with E-state index in [0.29, 0.717) is 11.6 Å². The molecule has 2 rings (SSSR count). The normalized spacial score (nSPS) is 10.6. The van der Waals surface area contributed by atoms with Crippen LogP contribution in [0, 0.1) is 0 Å². The van der Waals surface area contributed by atoms with E-state index >= 15 is 0 Å². The Kier molecular flexibility index (Phi) is 5.94. The molecular weight excluding hydrogens is 282 g/mol. The first kappa shape index (κ1) is 15.7. The van der Waals surface area contributed by atoms with Crippen LogP contribution in [0.4, 0.5) is 5.69 Å². The van der Waals surface area contributed by atoms with Gasteiger partial charge < -0.3 is 10.4 Å². The van der Waals surface area contributed by atoms with Crippen LogP contribution in [0.5, 0.6) is 5.75 Å². The molecular formula is C18H22ClNO. The highest BCUT2D eigenvalue weighted by Gasteiger charge is 2.02. The van der Waals surface area contributed by atoms with Crippen molar-refractivity contribution in [2.24, 2.45) is 0 Å². The van der Waals surface area contributed by atoms with Crippen LogP contribution in [-0.2, 0) is 13.0 Å². The highest BCUT2D eigenvalue weighted by molar-refractivity contribution is 6.30. The number of phenols is 1. The lowest BCUT2D eigenvalue weighted by Gasteiger charge is -2.09. The average Bonchev–Trinajstić information content (AvgIpc) is 2.50. The molecule has 0 bridgehead atoms. The van der Waals surface area contributed by atoms with Crippen molar-refractivity contribution in [1.82, 2.24) is 0 Å². The second kappa shape index (κ2) is 7.94. The minimum atomic E-state index is 0.267. The van der Waals surface area contributed by atoms with Crippen molar-refractivity contribution >= 4 is 17.3 Å². The molecule has 0 saturated heterocycles. The SMILES string of the molecule is CCCCCc1ccc(NCc2cc(Cl)ccc2O)cc1. The molecule has 3 heteroatoms. The molecule has 0 atom stereocenters. The van der Waals surface area contributed by atoms with Crippen molar-refractivity contribution in [2.45, 2.75) is 39.2 Å². The lowest BCUT2D eigenvalue weighted by Crippen LogP contribution is -2.00. The Balaban J connectivity index is 1.90. The molecule has 112 valence electrons. The number of benzene rings is 2. The summed E-state index contributed by atoms with van der Waals surface area (Å²) in [7, 11) is 0. The molecule has 2 aromatic carbocycles. The minimum absolute atomic E-state index is 0.267. The molecule has 0 spiro atoms. The van der Waals surface area contributed by atoms with Gasteiger partial charge in [-0.2, -0.15) is 0 Å². The highest BCUT2D eigenvalue weighted by Crippen LogP contribution is 2.22.